The minimum Gasteiger partial charge on any atom is -0.474 e. The van der Waals surface area contributed by atoms with Gasteiger partial charge in [0.15, 0.2) is 0 Å². The molecule has 0 aliphatic carbocycles. The first kappa shape index (κ1) is 17.5. The average Bonchev–Trinajstić information content (AvgIpc) is 2.79. The monoisotopic (exact) mass is 346 g/mol. The maximum Gasteiger partial charge on any atom is 0.230 e. The van der Waals surface area contributed by atoms with Crippen LogP contribution in [0, 0.1) is 4.78 Å². The molecule has 0 spiro atoms. The Morgan fingerprint density at radius 3 is 2.73 bits per heavy atom. The Labute approximate surface area is 133 Å². The van der Waals surface area contributed by atoms with E-state index in [2.05, 4.69) is 43.4 Å². The van der Waals surface area contributed by atoms with Crippen LogP contribution >= 0.6 is 0 Å². The molecule has 126 valence electrons. The lowest BCUT2D eigenvalue weighted by Crippen LogP contribution is -2.54. The Hall–Kier alpha value is -0.903. The Kier molecular flexibility index (Phi) is 4.46. The van der Waals surface area contributed by atoms with E-state index in [4.69, 9.17) is 14.3 Å². The van der Waals surface area contributed by atoms with Crippen LogP contribution < -0.4 is 9.12 Å². The van der Waals surface area contributed by atoms with Gasteiger partial charge < -0.3 is 9.47 Å². The van der Waals surface area contributed by atoms with E-state index in [-0.39, 0.29) is 11.1 Å². The van der Waals surface area contributed by atoms with E-state index in [1.165, 1.54) is 6.20 Å². The van der Waals surface area contributed by atoms with Crippen molar-refractivity contribution in [2.45, 2.75) is 56.4 Å². The fourth-order valence-corrected chi connectivity index (χ4v) is 7.10. The van der Waals surface area contributed by atoms with E-state index in [1.54, 1.807) is 11.8 Å². The summed E-state index contributed by atoms with van der Waals surface area (Å²) in [5.41, 5.74) is 0. The number of hydrogen-bond donors (Lipinski definition) is 2. The highest BCUT2D eigenvalue weighted by Crippen LogP contribution is 2.36. The first-order chi connectivity index (χ1) is 9.98. The van der Waals surface area contributed by atoms with E-state index in [1.807, 2.05) is 0 Å². The van der Waals surface area contributed by atoms with Crippen LogP contribution in [-0.4, -0.2) is 42.0 Å². The lowest BCUT2D eigenvalue weighted by Gasteiger charge is -2.37. The quantitative estimate of drug-likeness (QED) is 0.818. The molecule has 2 rings (SSSR count). The van der Waals surface area contributed by atoms with Gasteiger partial charge in [0, 0.05) is 7.11 Å². The van der Waals surface area contributed by atoms with Crippen LogP contribution in [0.2, 0.25) is 18.1 Å². The minimum absolute atomic E-state index is 0.0219. The van der Waals surface area contributed by atoms with Crippen LogP contribution in [0.15, 0.2) is 11.1 Å². The van der Waals surface area contributed by atoms with Gasteiger partial charge in [-0.05, 0) is 5.04 Å². The molecule has 0 saturated heterocycles. The van der Waals surface area contributed by atoms with Crippen LogP contribution in [0.1, 0.15) is 20.8 Å². The van der Waals surface area contributed by atoms with Gasteiger partial charge in [-0.2, -0.15) is 5.10 Å². The second-order valence-electron chi connectivity index (χ2n) is 7.20. The van der Waals surface area contributed by atoms with Crippen molar-refractivity contribution in [2.75, 3.05) is 13.7 Å². The number of nitrogens with zero attached hydrogens (tertiary/aromatic N) is 2. The molecule has 1 aliphatic heterocycles. The van der Waals surface area contributed by atoms with Crippen LogP contribution in [0.25, 0.3) is 0 Å². The van der Waals surface area contributed by atoms with Gasteiger partial charge in [-0.1, -0.05) is 33.9 Å². The summed E-state index contributed by atoms with van der Waals surface area (Å²) in [6.45, 7) is 11.4. The number of methoxy groups -OCH3 is 1. The first-order valence-corrected chi connectivity index (χ1v) is 11.8. The van der Waals surface area contributed by atoms with Crippen molar-refractivity contribution in [3.05, 3.63) is 6.20 Å². The molecule has 0 fully saturated rings. The molecule has 1 aromatic heterocycles. The molecule has 0 saturated carbocycles. The Bertz CT molecular complexity index is 649. The zero-order valence-electron chi connectivity index (χ0n) is 14.1. The van der Waals surface area contributed by atoms with Crippen molar-refractivity contribution in [1.29, 1.82) is 4.78 Å². The molecule has 0 radical (unpaired) electrons. The maximum absolute atomic E-state index is 13.0. The molecule has 0 bridgehead atoms. The van der Waals surface area contributed by atoms with Crippen molar-refractivity contribution >= 4 is 18.2 Å². The molecule has 1 aliphatic rings. The summed E-state index contributed by atoms with van der Waals surface area (Å²) in [5, 5.41) is 4.18. The number of hydrogen-bond acceptors (Lipinski definition) is 5. The molecule has 2 atom stereocenters. The summed E-state index contributed by atoms with van der Waals surface area (Å²) < 4.78 is 36.9. The lowest BCUT2D eigenvalue weighted by molar-refractivity contribution is 0.0165. The summed E-state index contributed by atoms with van der Waals surface area (Å²) in [7, 11) is -3.63. The highest BCUT2D eigenvalue weighted by atomic mass is 32.2. The average molecular weight is 347 g/mol. The third-order valence-corrected chi connectivity index (χ3v) is 12.3. The van der Waals surface area contributed by atoms with E-state index >= 15 is 0 Å². The molecular formula is C13H26N4O3SSi. The molecule has 9 heteroatoms. The van der Waals surface area contributed by atoms with E-state index in [0.717, 1.165) is 0 Å². The van der Waals surface area contributed by atoms with E-state index in [0.29, 0.717) is 23.9 Å². The molecular weight excluding hydrogens is 320 g/mol. The highest BCUT2D eigenvalue weighted by molar-refractivity contribution is 7.92. The third kappa shape index (κ3) is 3.22. The predicted molar refractivity (Wildman–Crippen MR) is 88.0 cm³/mol. The van der Waals surface area contributed by atoms with E-state index < -0.39 is 18.2 Å². The molecule has 7 nitrogen and oxygen atoms in total. The molecule has 22 heavy (non-hydrogen) atoms. The number of nitrogens with one attached hydrogen (secondary N) is 2. The molecule has 0 aromatic carbocycles. The van der Waals surface area contributed by atoms with Gasteiger partial charge in [0.1, 0.15) is 35.8 Å². The normalized spacial score (nSPS) is 21.8. The lowest BCUT2D eigenvalue weighted by atomic mass is 10.2. The topological polar surface area (TPSA) is 89.2 Å². The molecule has 2 heterocycles. The standard InChI is InChI=1S/C13H26N4O3SSi/c1-13(2,3)22(5,6)16-21(14,18)11-7-15-17-8-10(19-4)9-20-12(11)17/h7,10H,8-9H2,1-6H3,(H2,14,16,18)/t10-,21?/m0/s1. The van der Waals surface area contributed by atoms with Crippen molar-refractivity contribution < 1.29 is 13.7 Å². The van der Waals surface area contributed by atoms with Gasteiger partial charge in [-0.25, -0.2) is 18.1 Å². The van der Waals surface area contributed by atoms with Gasteiger partial charge in [-0.3, -0.25) is 0 Å². The van der Waals surface area contributed by atoms with Crippen LogP contribution in [0.3, 0.4) is 0 Å². The van der Waals surface area contributed by atoms with Crippen LogP contribution in [0.5, 0.6) is 5.88 Å². The number of aromatic nitrogens is 2. The summed E-state index contributed by atoms with van der Waals surface area (Å²) in [5.74, 6) is 0.416. The summed E-state index contributed by atoms with van der Waals surface area (Å²) in [6, 6.07) is 0. The van der Waals surface area contributed by atoms with Crippen molar-refractivity contribution in [3.63, 3.8) is 0 Å². The van der Waals surface area contributed by atoms with Gasteiger partial charge in [0.05, 0.1) is 12.7 Å². The second-order valence-corrected chi connectivity index (χ2v) is 14.3. The number of ether oxygens (including phenoxy) is 2. The molecule has 0 amide bonds. The van der Waals surface area contributed by atoms with Gasteiger partial charge >= 0.3 is 0 Å². The SMILES string of the molecule is CO[C@@H]1COc2c(S(=N)(=O)N[Si](C)(C)C(C)(C)C)cnn2C1. The zero-order valence-corrected chi connectivity index (χ0v) is 15.9. The fraction of sp³-hybridized carbons (Fsp3) is 0.769. The number of rotatable bonds is 4. The molecule has 1 unspecified atom stereocenters. The van der Waals surface area contributed by atoms with Crippen LogP contribution in [-0.2, 0) is 21.2 Å². The molecule has 1 aromatic rings. The van der Waals surface area contributed by atoms with Crippen molar-refractivity contribution in [2.24, 2.45) is 0 Å². The van der Waals surface area contributed by atoms with Crippen molar-refractivity contribution in [3.8, 4) is 5.88 Å². The summed E-state index contributed by atoms with van der Waals surface area (Å²) >= 11 is 0. The highest BCUT2D eigenvalue weighted by Gasteiger charge is 2.40. The maximum atomic E-state index is 13.0. The Morgan fingerprint density at radius 2 is 2.18 bits per heavy atom. The minimum atomic E-state index is -3.16. The van der Waals surface area contributed by atoms with Gasteiger partial charge in [0.2, 0.25) is 5.88 Å². The first-order valence-electron chi connectivity index (χ1n) is 7.27. The third-order valence-electron chi connectivity index (χ3n) is 4.46. The second kappa shape index (κ2) is 5.62. The summed E-state index contributed by atoms with van der Waals surface area (Å²) in [6.07, 6.45) is 1.40. The van der Waals surface area contributed by atoms with E-state index in [9.17, 15) is 4.21 Å². The van der Waals surface area contributed by atoms with Gasteiger partial charge in [-0.15, -0.1) is 0 Å². The fourth-order valence-electron chi connectivity index (χ4n) is 1.96. The largest absolute Gasteiger partial charge is 0.474 e. The Balaban J connectivity index is 2.31. The van der Waals surface area contributed by atoms with Crippen molar-refractivity contribution in [1.82, 2.24) is 14.2 Å². The Morgan fingerprint density at radius 1 is 1.55 bits per heavy atom. The summed E-state index contributed by atoms with van der Waals surface area (Å²) in [4.78, 5) is 0.326. The smallest absolute Gasteiger partial charge is 0.230 e. The molecule has 2 N–H and O–H groups in total. The van der Waals surface area contributed by atoms with Gasteiger partial charge in [0.25, 0.3) is 0 Å². The number of fused-ring (bicyclic) bond motifs is 1. The zero-order chi connectivity index (χ0) is 16.8. The predicted octanol–water partition coefficient (Wildman–Crippen LogP) is 2.21. The van der Waals surface area contributed by atoms with Crippen LogP contribution in [0.4, 0.5) is 0 Å².